The zero-order valence-corrected chi connectivity index (χ0v) is 30.5. The van der Waals surface area contributed by atoms with Crippen LogP contribution in [0.3, 0.4) is 0 Å². The highest BCUT2D eigenvalue weighted by molar-refractivity contribution is 7.98. The van der Waals surface area contributed by atoms with Crippen LogP contribution in [0, 0.1) is 0 Å². The number of hydrogen-bond donors (Lipinski definition) is 4. The summed E-state index contributed by atoms with van der Waals surface area (Å²) < 4.78 is 3.69. The van der Waals surface area contributed by atoms with Gasteiger partial charge >= 0.3 is 0 Å². The minimum atomic E-state index is -0.605. The van der Waals surface area contributed by atoms with E-state index in [-0.39, 0.29) is 114 Å². The molecule has 0 aromatic carbocycles. The molecule has 4 saturated heterocycles. The molecule has 4 aliphatic heterocycles. The van der Waals surface area contributed by atoms with Crippen LogP contribution >= 0.6 is 23.9 Å². The summed E-state index contributed by atoms with van der Waals surface area (Å²) in [6.07, 6.45) is 4.50. The summed E-state index contributed by atoms with van der Waals surface area (Å²) in [6, 6.07) is -0.529. The molecule has 8 amide bonds. The lowest BCUT2D eigenvalue weighted by Crippen LogP contribution is -2.39. The van der Waals surface area contributed by atoms with Gasteiger partial charge in [0.1, 0.15) is 23.1 Å². The third kappa shape index (κ3) is 11.8. The number of nitrogens with one attached hydrogen (secondary N) is 4. The van der Waals surface area contributed by atoms with Crippen molar-refractivity contribution < 1.29 is 47.9 Å². The second-order valence-corrected chi connectivity index (χ2v) is 15.2. The average molecular weight is 767 g/mol. The second-order valence-electron chi connectivity index (χ2n) is 12.7. The number of nitrogens with zero attached hydrogens (tertiary/aromatic N) is 4. The van der Waals surface area contributed by atoms with Crippen molar-refractivity contribution in [3.63, 3.8) is 0 Å². The molecule has 4 atom stereocenters. The van der Waals surface area contributed by atoms with Crippen molar-refractivity contribution in [2.75, 3.05) is 52.4 Å². The number of carbonyl (C=O) groups is 10. The molecule has 20 heteroatoms. The van der Waals surface area contributed by atoms with Crippen molar-refractivity contribution in [1.29, 1.82) is 0 Å². The van der Waals surface area contributed by atoms with Crippen molar-refractivity contribution >= 4 is 83.7 Å². The molecule has 4 rings (SSSR count). The van der Waals surface area contributed by atoms with Gasteiger partial charge in [-0.15, -0.1) is 0 Å². The lowest BCUT2D eigenvalue weighted by Gasteiger charge is -2.21. The van der Waals surface area contributed by atoms with Gasteiger partial charge in [-0.2, -0.15) is 0 Å². The van der Waals surface area contributed by atoms with Gasteiger partial charge in [0.2, 0.25) is 47.3 Å². The fraction of sp³-hybridized carbons (Fsp3) is 0.688. The van der Waals surface area contributed by atoms with E-state index < -0.39 is 34.1 Å². The molecular formula is C32H46N8O10S2. The minimum Gasteiger partial charge on any atom is -0.354 e. The molecule has 0 bridgehead atoms. The van der Waals surface area contributed by atoms with E-state index in [1.807, 2.05) is 8.61 Å². The number of likely N-dealkylation sites (tertiary alicyclic amines) is 2. The summed E-state index contributed by atoms with van der Waals surface area (Å²) in [5.74, 6) is -3.06. The Morgan fingerprint density at radius 2 is 0.923 bits per heavy atom. The second kappa shape index (κ2) is 20.4. The van der Waals surface area contributed by atoms with Crippen LogP contribution in [-0.2, 0) is 47.9 Å². The molecule has 0 spiro atoms. The Labute approximate surface area is 309 Å². The van der Waals surface area contributed by atoms with Gasteiger partial charge < -0.3 is 30.9 Å². The summed E-state index contributed by atoms with van der Waals surface area (Å²) in [4.78, 5) is 123. The molecule has 0 aromatic heterocycles. The molecule has 4 aliphatic rings. The maximum atomic E-state index is 12.7. The summed E-state index contributed by atoms with van der Waals surface area (Å²) in [5, 5.41) is 9.20. The summed E-state index contributed by atoms with van der Waals surface area (Å²) in [7, 11) is 0. The summed E-state index contributed by atoms with van der Waals surface area (Å²) >= 11 is 2.44. The average Bonchev–Trinajstić information content (AvgIpc) is 3.89. The fourth-order valence-corrected chi connectivity index (χ4v) is 8.76. The smallest absolute Gasteiger partial charge is 0.244 e. The first-order valence-electron chi connectivity index (χ1n) is 17.5. The number of imide groups is 2. The van der Waals surface area contributed by atoms with E-state index in [1.54, 1.807) is 0 Å². The van der Waals surface area contributed by atoms with Gasteiger partial charge in [0.05, 0.1) is 12.1 Å². The molecule has 0 aromatic rings. The van der Waals surface area contributed by atoms with Crippen molar-refractivity contribution in [2.45, 2.75) is 86.8 Å². The van der Waals surface area contributed by atoms with Crippen LogP contribution < -0.4 is 21.3 Å². The predicted molar refractivity (Wildman–Crippen MR) is 188 cm³/mol. The van der Waals surface area contributed by atoms with Crippen molar-refractivity contribution in [3.05, 3.63) is 0 Å². The van der Waals surface area contributed by atoms with Crippen LogP contribution in [0.2, 0.25) is 0 Å². The molecule has 0 saturated carbocycles. The molecule has 4 fully saturated rings. The molecule has 18 nitrogen and oxygen atoms in total. The van der Waals surface area contributed by atoms with Crippen LogP contribution in [0.5, 0.6) is 0 Å². The van der Waals surface area contributed by atoms with Gasteiger partial charge in [-0.3, -0.25) is 48.2 Å². The fourth-order valence-electron chi connectivity index (χ4n) is 6.15. The Bertz CT molecular complexity index is 1300. The molecule has 4 heterocycles. The zero-order valence-electron chi connectivity index (χ0n) is 28.9. The van der Waals surface area contributed by atoms with E-state index in [0.717, 1.165) is 48.1 Å². The Balaban J connectivity index is 0.985. The van der Waals surface area contributed by atoms with E-state index in [2.05, 4.69) is 21.3 Å². The van der Waals surface area contributed by atoms with Crippen LogP contribution in [-0.4, -0.2) is 153 Å². The number of rotatable bonds is 21. The molecule has 2 unspecified atom stereocenters. The molecule has 4 N–H and O–H groups in total. The summed E-state index contributed by atoms with van der Waals surface area (Å²) in [5.41, 5.74) is 0. The van der Waals surface area contributed by atoms with Crippen molar-refractivity contribution in [3.8, 4) is 0 Å². The van der Waals surface area contributed by atoms with Crippen LogP contribution in [0.4, 0.5) is 0 Å². The van der Waals surface area contributed by atoms with Crippen molar-refractivity contribution in [2.24, 2.45) is 0 Å². The number of hydrogen-bond acceptors (Lipinski definition) is 14. The SMILES string of the molecule is O=C[C@@H]1CCCN1SC1CC(=O)N(CCC(=O)NCCNC(=O)CCC(=O)NCCNC(=O)CCN2C(=O)CC(SN3CCC[C@H]3C=O)C2=O)C1=O. The topological polar surface area (TPSA) is 232 Å². The lowest BCUT2D eigenvalue weighted by atomic mass is 10.2. The maximum absolute atomic E-state index is 12.7. The van der Waals surface area contributed by atoms with Gasteiger partial charge in [-0.25, -0.2) is 8.61 Å². The third-order valence-corrected chi connectivity index (χ3v) is 11.7. The maximum Gasteiger partial charge on any atom is 0.244 e. The quantitative estimate of drug-likeness (QED) is 0.0424. The molecular weight excluding hydrogens is 721 g/mol. The largest absolute Gasteiger partial charge is 0.354 e. The third-order valence-electron chi connectivity index (χ3n) is 8.98. The van der Waals surface area contributed by atoms with Crippen LogP contribution in [0.25, 0.3) is 0 Å². The number of carbonyl (C=O) groups excluding carboxylic acids is 10. The van der Waals surface area contributed by atoms with Crippen LogP contribution in [0.15, 0.2) is 0 Å². The Kier molecular flexibility index (Phi) is 16.0. The van der Waals surface area contributed by atoms with Gasteiger partial charge in [-0.1, -0.05) is 23.9 Å². The first-order chi connectivity index (χ1) is 25.0. The van der Waals surface area contributed by atoms with Gasteiger partial charge in [0.25, 0.3) is 0 Å². The van der Waals surface area contributed by atoms with E-state index in [1.165, 1.54) is 23.9 Å². The molecule has 52 heavy (non-hydrogen) atoms. The van der Waals surface area contributed by atoms with E-state index in [0.29, 0.717) is 13.1 Å². The van der Waals surface area contributed by atoms with E-state index >= 15 is 0 Å². The highest BCUT2D eigenvalue weighted by Crippen LogP contribution is 2.34. The first kappa shape index (κ1) is 40.9. The van der Waals surface area contributed by atoms with E-state index in [4.69, 9.17) is 0 Å². The van der Waals surface area contributed by atoms with Crippen LogP contribution in [0.1, 0.15) is 64.2 Å². The normalized spacial score (nSPS) is 23.7. The van der Waals surface area contributed by atoms with E-state index in [9.17, 15) is 47.9 Å². The van der Waals surface area contributed by atoms with Crippen molar-refractivity contribution in [1.82, 2.24) is 39.7 Å². The Morgan fingerprint density at radius 3 is 1.27 bits per heavy atom. The highest BCUT2D eigenvalue weighted by atomic mass is 32.2. The molecule has 0 aliphatic carbocycles. The highest BCUT2D eigenvalue weighted by Gasteiger charge is 2.43. The Hall–Kier alpha value is -3.88. The Morgan fingerprint density at radius 1 is 0.577 bits per heavy atom. The molecule has 286 valence electrons. The predicted octanol–water partition coefficient (Wildman–Crippen LogP) is -2.11. The minimum absolute atomic E-state index is 0.0207. The van der Waals surface area contributed by atoms with Gasteiger partial charge in [-0.05, 0) is 25.7 Å². The van der Waals surface area contributed by atoms with Gasteiger partial charge in [0.15, 0.2) is 0 Å². The molecule has 0 radical (unpaired) electrons. The lowest BCUT2D eigenvalue weighted by molar-refractivity contribution is -0.140. The summed E-state index contributed by atoms with van der Waals surface area (Å²) in [6.45, 7) is 1.66. The zero-order chi connectivity index (χ0) is 37.6. The number of amides is 8. The standard InChI is InChI=1S/C32H46N8O10S2/c41-19-21-3-1-13-39(21)51-23-17-29(47)37(31(23)49)15-7-27(45)35-11-9-33-25(43)5-6-26(44)34-10-12-36-28(46)8-16-38-30(48)18-24(32(38)50)52-40-14-2-4-22(40)20-42/h19-24H,1-18H2,(H,33,43)(H,34,44)(H,35,45)(H,36,46)/t21-,22-,23?,24?/m0/s1. The van der Waals surface area contributed by atoms with Gasteiger partial charge in [0, 0.05) is 90.9 Å². The monoisotopic (exact) mass is 766 g/mol. The first-order valence-corrected chi connectivity index (χ1v) is 19.2. The number of aldehydes is 2.